The second-order valence-electron chi connectivity index (χ2n) is 6.49. The van der Waals surface area contributed by atoms with Crippen molar-refractivity contribution in [3.63, 3.8) is 0 Å². The van der Waals surface area contributed by atoms with Gasteiger partial charge in [-0.25, -0.2) is 4.99 Å². The van der Waals surface area contributed by atoms with E-state index in [4.69, 9.17) is 0 Å². The van der Waals surface area contributed by atoms with Crippen LogP contribution in [0.15, 0.2) is 4.99 Å². The molecule has 0 saturated carbocycles. The van der Waals surface area contributed by atoms with E-state index in [1.54, 1.807) is 0 Å². The van der Waals surface area contributed by atoms with Crippen LogP contribution in [-0.4, -0.2) is 29.6 Å². The molecule has 0 radical (unpaired) electrons. The number of carbonyl (C=O) groups is 2. The molecule has 0 rings (SSSR count). The summed E-state index contributed by atoms with van der Waals surface area (Å²) in [5, 5.41) is 15.9. The molecular weight excluding hydrogens is 359 g/mol. The Morgan fingerprint density at radius 2 is 1.58 bits per heavy atom. The summed E-state index contributed by atoms with van der Waals surface area (Å²) < 4.78 is 0. The molecule has 0 aromatic rings. The average molecular weight is 393 g/mol. The van der Waals surface area contributed by atoms with E-state index in [1.807, 2.05) is 0 Å². The Morgan fingerprint density at radius 1 is 1.00 bits per heavy atom. The molecule has 0 aliphatic heterocycles. The standard InChI is InChI=1S/C19H34N2O3S.Na/c1-2-3-4-5-6-7-8-9-10-14-18(22)21-17(19(23)24)13-11-12-15-20-16-25;/h17H,2-15H2,1H3,(H,21,22)(H,23,24);/q;+1/p-1/t17-;/m0./s1. The molecule has 1 atom stereocenters. The third kappa shape index (κ3) is 18.5. The van der Waals surface area contributed by atoms with Gasteiger partial charge in [0, 0.05) is 13.0 Å². The van der Waals surface area contributed by atoms with Crippen LogP contribution in [0.5, 0.6) is 0 Å². The monoisotopic (exact) mass is 392 g/mol. The zero-order valence-corrected chi connectivity index (χ0v) is 19.4. The number of nitrogens with one attached hydrogen (secondary N) is 1. The van der Waals surface area contributed by atoms with Crippen LogP contribution in [0, 0.1) is 0 Å². The van der Waals surface area contributed by atoms with Crippen molar-refractivity contribution in [2.24, 2.45) is 4.99 Å². The molecule has 26 heavy (non-hydrogen) atoms. The van der Waals surface area contributed by atoms with Crippen LogP contribution in [0.3, 0.4) is 0 Å². The third-order valence-electron chi connectivity index (χ3n) is 4.20. The van der Waals surface area contributed by atoms with Gasteiger partial charge in [-0.15, -0.1) is 0 Å². The minimum Gasteiger partial charge on any atom is -0.548 e. The Labute approximate surface area is 186 Å². The number of carboxylic acids is 1. The van der Waals surface area contributed by atoms with Crippen LogP contribution in [-0.2, 0) is 9.59 Å². The summed E-state index contributed by atoms with van der Waals surface area (Å²) in [4.78, 5) is 26.7. The van der Waals surface area contributed by atoms with Crippen LogP contribution >= 0.6 is 12.2 Å². The summed E-state index contributed by atoms with van der Waals surface area (Å²) in [6.45, 7) is 2.75. The topological polar surface area (TPSA) is 81.6 Å². The maximum atomic E-state index is 11.9. The number of rotatable bonds is 17. The number of thiocarbonyl (C=S) groups is 1. The van der Waals surface area contributed by atoms with E-state index in [0.29, 0.717) is 25.8 Å². The van der Waals surface area contributed by atoms with Crippen molar-refractivity contribution in [2.75, 3.05) is 6.54 Å². The van der Waals surface area contributed by atoms with Gasteiger partial charge in [-0.1, -0.05) is 58.3 Å². The predicted molar refractivity (Wildman–Crippen MR) is 103 cm³/mol. The van der Waals surface area contributed by atoms with Gasteiger partial charge in [0.25, 0.3) is 0 Å². The van der Waals surface area contributed by atoms with Gasteiger partial charge in [-0.2, -0.15) is 0 Å². The zero-order valence-electron chi connectivity index (χ0n) is 16.6. The number of amides is 1. The van der Waals surface area contributed by atoms with Crippen LogP contribution in [0.1, 0.15) is 90.4 Å². The van der Waals surface area contributed by atoms with Gasteiger partial charge >= 0.3 is 29.6 Å². The fourth-order valence-electron chi connectivity index (χ4n) is 2.70. The van der Waals surface area contributed by atoms with E-state index in [1.165, 1.54) is 38.5 Å². The molecule has 7 heteroatoms. The molecule has 0 aliphatic rings. The van der Waals surface area contributed by atoms with Crippen molar-refractivity contribution in [3.05, 3.63) is 0 Å². The van der Waals surface area contributed by atoms with E-state index in [-0.39, 0.29) is 35.5 Å². The molecule has 0 unspecified atom stereocenters. The van der Waals surface area contributed by atoms with Crippen molar-refractivity contribution in [3.8, 4) is 0 Å². The number of nitrogens with zero attached hydrogens (tertiary/aromatic N) is 1. The first-order chi connectivity index (χ1) is 12.1. The SMILES string of the molecule is CCCCCCCCCCCC(=O)N[C@@H](CCCCN=C=S)C(=O)[O-].[Na+]. The number of unbranched alkanes of at least 4 members (excludes halogenated alkanes) is 9. The second-order valence-corrected chi connectivity index (χ2v) is 6.67. The first kappa shape index (κ1) is 28.0. The summed E-state index contributed by atoms with van der Waals surface area (Å²) in [6, 6.07) is -0.914. The fourth-order valence-corrected chi connectivity index (χ4v) is 2.79. The molecule has 0 fully saturated rings. The Hall–Kier alpha value is -0.260. The van der Waals surface area contributed by atoms with Gasteiger partial charge in [0.15, 0.2) is 0 Å². The van der Waals surface area contributed by atoms with Crippen molar-refractivity contribution in [1.82, 2.24) is 5.32 Å². The first-order valence-corrected chi connectivity index (χ1v) is 10.1. The van der Waals surface area contributed by atoms with Crippen LogP contribution in [0.2, 0.25) is 0 Å². The van der Waals surface area contributed by atoms with Crippen molar-refractivity contribution >= 4 is 29.3 Å². The minimum atomic E-state index is -1.22. The molecule has 1 amide bonds. The summed E-state index contributed by atoms with van der Waals surface area (Å²) in [6.07, 6.45) is 12.8. The van der Waals surface area contributed by atoms with Crippen LogP contribution in [0.25, 0.3) is 0 Å². The van der Waals surface area contributed by atoms with Crippen LogP contribution < -0.4 is 40.0 Å². The molecule has 144 valence electrons. The largest absolute Gasteiger partial charge is 1.00 e. The second kappa shape index (κ2) is 21.0. The molecule has 5 nitrogen and oxygen atoms in total. The van der Waals surface area contributed by atoms with Crippen molar-refractivity contribution in [2.45, 2.75) is 96.4 Å². The van der Waals surface area contributed by atoms with E-state index in [2.05, 4.69) is 34.6 Å². The normalized spacial score (nSPS) is 11.1. The molecule has 0 spiro atoms. The van der Waals surface area contributed by atoms with E-state index in [9.17, 15) is 14.7 Å². The van der Waals surface area contributed by atoms with Gasteiger partial charge in [-0.3, -0.25) is 4.79 Å². The van der Waals surface area contributed by atoms with E-state index < -0.39 is 12.0 Å². The maximum Gasteiger partial charge on any atom is 1.00 e. The number of carbonyl (C=O) groups excluding carboxylic acids is 2. The minimum absolute atomic E-state index is 0. The Balaban J connectivity index is 0. The quantitative estimate of drug-likeness (QED) is 0.168. The molecule has 0 aliphatic carbocycles. The molecule has 0 heterocycles. The molecule has 0 aromatic carbocycles. The summed E-state index contributed by atoms with van der Waals surface area (Å²) >= 11 is 4.46. The number of carboxylic acid groups (broad SMARTS) is 1. The number of hydrogen-bond donors (Lipinski definition) is 1. The summed E-state index contributed by atoms with van der Waals surface area (Å²) in [5.74, 6) is -1.42. The Morgan fingerprint density at radius 3 is 2.12 bits per heavy atom. The molecular formula is C19H33N2NaO3S. The number of isothiocyanates is 1. The van der Waals surface area contributed by atoms with Crippen molar-refractivity contribution < 1.29 is 44.3 Å². The van der Waals surface area contributed by atoms with Crippen LogP contribution in [0.4, 0.5) is 0 Å². The number of aliphatic carboxylic acids is 1. The number of aliphatic imine (C=N–C) groups is 1. The summed E-state index contributed by atoms with van der Waals surface area (Å²) in [7, 11) is 0. The third-order valence-corrected chi connectivity index (χ3v) is 4.33. The maximum absolute atomic E-state index is 11.9. The van der Waals surface area contributed by atoms with Gasteiger partial charge in [0.1, 0.15) is 0 Å². The molecule has 0 bridgehead atoms. The van der Waals surface area contributed by atoms with Gasteiger partial charge < -0.3 is 15.2 Å². The van der Waals surface area contributed by atoms with Crippen molar-refractivity contribution in [1.29, 1.82) is 0 Å². The fraction of sp³-hybridized carbons (Fsp3) is 0.842. The van der Waals surface area contributed by atoms with Gasteiger partial charge in [0.2, 0.25) is 5.91 Å². The van der Waals surface area contributed by atoms with Gasteiger partial charge in [0.05, 0.1) is 17.2 Å². The summed E-state index contributed by atoms with van der Waals surface area (Å²) in [5.41, 5.74) is 0. The first-order valence-electron chi connectivity index (χ1n) is 9.65. The van der Waals surface area contributed by atoms with E-state index >= 15 is 0 Å². The number of hydrogen-bond acceptors (Lipinski definition) is 5. The molecule has 0 saturated heterocycles. The van der Waals surface area contributed by atoms with Gasteiger partial charge in [-0.05, 0) is 37.9 Å². The Kier molecular flexibility index (Phi) is 22.6. The molecule has 1 N–H and O–H groups in total. The molecule has 0 aromatic heterocycles. The average Bonchev–Trinajstić information content (AvgIpc) is 2.59. The Bertz CT molecular complexity index is 416. The van der Waals surface area contributed by atoms with E-state index in [0.717, 1.165) is 25.7 Å². The smallest absolute Gasteiger partial charge is 0.548 e. The predicted octanol–water partition coefficient (Wildman–Crippen LogP) is 0.419. The zero-order chi connectivity index (χ0) is 18.8.